The third-order valence-corrected chi connectivity index (χ3v) is 5.32. The number of rotatable bonds is 4. The van der Waals surface area contributed by atoms with E-state index >= 15 is 0 Å². The van der Waals surface area contributed by atoms with Gasteiger partial charge in [0.2, 0.25) is 0 Å². The van der Waals surface area contributed by atoms with Crippen molar-refractivity contribution in [3.8, 4) is 0 Å². The highest BCUT2D eigenvalue weighted by Gasteiger charge is 2.23. The number of carbonyl (C=O) groups excluding carboxylic acids is 1. The number of likely N-dealkylation sites (tertiary alicyclic amines) is 1. The Balaban J connectivity index is 1.56. The van der Waals surface area contributed by atoms with Crippen LogP contribution >= 0.6 is 0 Å². The van der Waals surface area contributed by atoms with Crippen LogP contribution in [0, 0.1) is 0 Å². The normalized spacial score (nSPS) is 23.4. The molecule has 3 rings (SSSR count). The zero-order chi connectivity index (χ0) is 16.9. The second-order valence-electron chi connectivity index (χ2n) is 7.16. The van der Waals surface area contributed by atoms with Crippen LogP contribution in [0.25, 0.3) is 0 Å². The molecular weight excluding hydrogens is 300 g/mol. The lowest BCUT2D eigenvalue weighted by Gasteiger charge is -2.33. The summed E-state index contributed by atoms with van der Waals surface area (Å²) in [4.78, 5) is 19.5. The molecule has 0 aromatic heterocycles. The maximum Gasteiger partial charge on any atom is 0.253 e. The number of nitrogens with one attached hydrogen (secondary N) is 1. The Morgan fingerprint density at radius 3 is 2.50 bits per heavy atom. The molecule has 5 heteroatoms. The number of hydrogen-bond donors (Lipinski definition) is 1. The molecule has 2 saturated heterocycles. The van der Waals surface area contributed by atoms with E-state index in [9.17, 15) is 4.79 Å². The molecule has 0 saturated carbocycles. The number of carbonyl (C=O) groups is 1. The van der Waals surface area contributed by atoms with Gasteiger partial charge in [0, 0.05) is 57.4 Å². The van der Waals surface area contributed by atoms with Gasteiger partial charge in [0.25, 0.3) is 5.91 Å². The van der Waals surface area contributed by atoms with E-state index in [4.69, 9.17) is 0 Å². The van der Waals surface area contributed by atoms with Crippen LogP contribution in [0.15, 0.2) is 24.3 Å². The Labute approximate surface area is 145 Å². The van der Waals surface area contributed by atoms with E-state index in [0.29, 0.717) is 6.04 Å². The van der Waals surface area contributed by atoms with E-state index in [1.54, 1.807) is 0 Å². The van der Waals surface area contributed by atoms with Gasteiger partial charge >= 0.3 is 0 Å². The first-order chi connectivity index (χ1) is 11.7. The van der Waals surface area contributed by atoms with Crippen molar-refractivity contribution in [1.29, 1.82) is 0 Å². The molecule has 2 fully saturated rings. The SMILES string of the molecule is CNC1CCCN(C(=O)c2ccc(CN3CCN(C)CC3)cc2)C1. The Hall–Kier alpha value is -1.43. The van der Waals surface area contributed by atoms with Crippen molar-refractivity contribution in [2.75, 3.05) is 53.4 Å². The molecule has 0 radical (unpaired) electrons. The number of nitrogens with zero attached hydrogens (tertiary/aromatic N) is 3. The van der Waals surface area contributed by atoms with Gasteiger partial charge in [0.05, 0.1) is 0 Å². The van der Waals surface area contributed by atoms with Gasteiger partial charge in [-0.1, -0.05) is 12.1 Å². The maximum absolute atomic E-state index is 12.7. The van der Waals surface area contributed by atoms with Crippen molar-refractivity contribution in [2.24, 2.45) is 0 Å². The highest BCUT2D eigenvalue weighted by atomic mass is 16.2. The van der Waals surface area contributed by atoms with Crippen LogP contribution < -0.4 is 5.32 Å². The lowest BCUT2D eigenvalue weighted by atomic mass is 10.0. The lowest BCUT2D eigenvalue weighted by molar-refractivity contribution is 0.0698. The van der Waals surface area contributed by atoms with Crippen molar-refractivity contribution >= 4 is 5.91 Å². The van der Waals surface area contributed by atoms with Crippen molar-refractivity contribution in [3.63, 3.8) is 0 Å². The molecule has 0 bridgehead atoms. The molecule has 2 heterocycles. The third-order valence-electron chi connectivity index (χ3n) is 5.32. The average Bonchev–Trinajstić information content (AvgIpc) is 2.64. The minimum atomic E-state index is 0.168. The summed E-state index contributed by atoms with van der Waals surface area (Å²) in [6.45, 7) is 7.19. The van der Waals surface area contributed by atoms with Gasteiger partial charge in [0.1, 0.15) is 0 Å². The number of benzene rings is 1. The van der Waals surface area contributed by atoms with Gasteiger partial charge in [-0.15, -0.1) is 0 Å². The molecule has 1 aromatic carbocycles. The van der Waals surface area contributed by atoms with Gasteiger partial charge in [-0.2, -0.15) is 0 Å². The molecule has 2 aliphatic rings. The van der Waals surface area contributed by atoms with Crippen LogP contribution in [0.4, 0.5) is 0 Å². The van der Waals surface area contributed by atoms with Crippen LogP contribution in [0.5, 0.6) is 0 Å². The van der Waals surface area contributed by atoms with Gasteiger partial charge in [-0.25, -0.2) is 0 Å². The maximum atomic E-state index is 12.7. The monoisotopic (exact) mass is 330 g/mol. The summed E-state index contributed by atoms with van der Waals surface area (Å²) in [7, 11) is 4.16. The highest BCUT2D eigenvalue weighted by Crippen LogP contribution is 2.15. The standard InChI is InChI=1S/C19H30N4O/c1-20-18-4-3-9-23(15-18)19(24)17-7-5-16(6-8-17)14-22-12-10-21(2)11-13-22/h5-8,18,20H,3-4,9-15H2,1-2H3. The number of piperazine rings is 1. The van der Waals surface area contributed by atoms with Gasteiger partial charge in [-0.05, 0) is 44.6 Å². The summed E-state index contributed by atoms with van der Waals surface area (Å²) in [6.07, 6.45) is 2.24. The molecule has 2 aliphatic heterocycles. The van der Waals surface area contributed by atoms with E-state index in [0.717, 1.165) is 64.2 Å². The van der Waals surface area contributed by atoms with Crippen LogP contribution in [-0.4, -0.2) is 80.0 Å². The summed E-state index contributed by atoms with van der Waals surface area (Å²) in [5, 5.41) is 3.30. The lowest BCUT2D eigenvalue weighted by Crippen LogP contribution is -2.46. The predicted molar refractivity (Wildman–Crippen MR) is 97.2 cm³/mol. The molecule has 132 valence electrons. The molecule has 0 aliphatic carbocycles. The second kappa shape index (κ2) is 8.10. The fraction of sp³-hybridized carbons (Fsp3) is 0.632. The van der Waals surface area contributed by atoms with E-state index in [-0.39, 0.29) is 5.91 Å². The molecule has 5 nitrogen and oxygen atoms in total. The number of hydrogen-bond acceptors (Lipinski definition) is 4. The Morgan fingerprint density at radius 2 is 1.83 bits per heavy atom. The summed E-state index contributed by atoms with van der Waals surface area (Å²) in [6, 6.07) is 8.66. The highest BCUT2D eigenvalue weighted by molar-refractivity contribution is 5.94. The Kier molecular flexibility index (Phi) is 5.87. The van der Waals surface area contributed by atoms with Crippen molar-refractivity contribution in [2.45, 2.75) is 25.4 Å². The molecule has 1 N–H and O–H groups in total. The van der Waals surface area contributed by atoms with Gasteiger partial charge < -0.3 is 15.1 Å². The smallest absolute Gasteiger partial charge is 0.253 e. The molecule has 1 unspecified atom stereocenters. The zero-order valence-corrected chi connectivity index (χ0v) is 15.0. The van der Waals surface area contributed by atoms with Crippen LogP contribution in [0.2, 0.25) is 0 Å². The van der Waals surface area contributed by atoms with Crippen LogP contribution in [0.3, 0.4) is 0 Å². The van der Waals surface area contributed by atoms with Gasteiger partial charge in [-0.3, -0.25) is 9.69 Å². The average molecular weight is 330 g/mol. The molecule has 1 aromatic rings. The van der Waals surface area contributed by atoms with Crippen molar-refractivity contribution in [3.05, 3.63) is 35.4 Å². The number of piperidine rings is 1. The van der Waals surface area contributed by atoms with Crippen LogP contribution in [0.1, 0.15) is 28.8 Å². The largest absolute Gasteiger partial charge is 0.337 e. The fourth-order valence-electron chi connectivity index (χ4n) is 3.60. The molecule has 24 heavy (non-hydrogen) atoms. The summed E-state index contributed by atoms with van der Waals surface area (Å²) >= 11 is 0. The molecule has 1 atom stereocenters. The van der Waals surface area contributed by atoms with E-state index in [1.807, 2.05) is 24.1 Å². The van der Waals surface area contributed by atoms with E-state index in [1.165, 1.54) is 5.56 Å². The molecule has 1 amide bonds. The topological polar surface area (TPSA) is 38.8 Å². The summed E-state index contributed by atoms with van der Waals surface area (Å²) in [5.41, 5.74) is 2.11. The number of amides is 1. The minimum absolute atomic E-state index is 0.168. The summed E-state index contributed by atoms with van der Waals surface area (Å²) < 4.78 is 0. The van der Waals surface area contributed by atoms with Crippen molar-refractivity contribution < 1.29 is 4.79 Å². The van der Waals surface area contributed by atoms with Crippen LogP contribution in [-0.2, 0) is 6.54 Å². The first-order valence-electron chi connectivity index (χ1n) is 9.12. The fourth-order valence-corrected chi connectivity index (χ4v) is 3.60. The van der Waals surface area contributed by atoms with Crippen molar-refractivity contribution in [1.82, 2.24) is 20.0 Å². The quantitative estimate of drug-likeness (QED) is 0.902. The predicted octanol–water partition coefficient (Wildman–Crippen LogP) is 1.26. The van der Waals surface area contributed by atoms with E-state index in [2.05, 4.69) is 34.3 Å². The van der Waals surface area contributed by atoms with Gasteiger partial charge in [0.15, 0.2) is 0 Å². The minimum Gasteiger partial charge on any atom is -0.337 e. The third kappa shape index (κ3) is 4.35. The summed E-state index contributed by atoms with van der Waals surface area (Å²) in [5.74, 6) is 0.168. The first-order valence-corrected chi connectivity index (χ1v) is 9.12. The second-order valence-corrected chi connectivity index (χ2v) is 7.16. The molecular formula is C19H30N4O. The Bertz CT molecular complexity index is 537. The molecule has 0 spiro atoms. The Morgan fingerprint density at radius 1 is 1.12 bits per heavy atom. The number of likely N-dealkylation sites (N-methyl/N-ethyl adjacent to an activating group) is 2. The van der Waals surface area contributed by atoms with E-state index < -0.39 is 0 Å². The first kappa shape index (κ1) is 17.4. The zero-order valence-electron chi connectivity index (χ0n) is 15.0.